The van der Waals surface area contributed by atoms with E-state index in [1.165, 1.54) is 18.4 Å². The van der Waals surface area contributed by atoms with Crippen LogP contribution in [0.3, 0.4) is 0 Å². The molecular weight excluding hydrogens is 411 g/mol. The third kappa shape index (κ3) is 7.38. The highest BCUT2D eigenvalue weighted by Crippen LogP contribution is 2.15. The zero-order valence-electron chi connectivity index (χ0n) is 15.4. The number of nitrogens with one attached hydrogen (secondary N) is 1. The Kier molecular flexibility index (Phi) is 10.3. The van der Waals surface area contributed by atoms with Crippen molar-refractivity contribution in [2.24, 2.45) is 10.9 Å². The minimum atomic E-state index is 0. The molecule has 5 heteroatoms. The van der Waals surface area contributed by atoms with Gasteiger partial charge in [-0.15, -0.1) is 24.0 Å². The molecule has 1 heterocycles. The predicted molar refractivity (Wildman–Crippen MR) is 114 cm³/mol. The number of rotatable bonds is 6. The molecule has 4 nitrogen and oxygen atoms in total. The summed E-state index contributed by atoms with van der Waals surface area (Å²) in [5, 5.41) is 3.53. The number of nitrogens with zero attached hydrogens (tertiary/aromatic N) is 3. The van der Waals surface area contributed by atoms with Crippen LogP contribution in [-0.2, 0) is 6.54 Å². The van der Waals surface area contributed by atoms with Crippen LogP contribution in [0.25, 0.3) is 0 Å². The molecular formula is C19H33IN4. The number of benzene rings is 1. The minimum absolute atomic E-state index is 0. The maximum absolute atomic E-state index is 4.45. The number of guanidine groups is 1. The summed E-state index contributed by atoms with van der Waals surface area (Å²) in [6.07, 6.45) is 3.76. The second-order valence-electron chi connectivity index (χ2n) is 6.74. The molecule has 0 spiro atoms. The van der Waals surface area contributed by atoms with Gasteiger partial charge in [0.15, 0.2) is 5.96 Å². The summed E-state index contributed by atoms with van der Waals surface area (Å²) in [5.41, 5.74) is 1.38. The lowest BCUT2D eigenvalue weighted by atomic mass is 10.0. The number of likely N-dealkylation sites (tertiary alicyclic amines) is 1. The van der Waals surface area contributed by atoms with Gasteiger partial charge in [-0.2, -0.15) is 0 Å². The van der Waals surface area contributed by atoms with Crippen LogP contribution >= 0.6 is 24.0 Å². The van der Waals surface area contributed by atoms with Gasteiger partial charge < -0.3 is 15.1 Å². The van der Waals surface area contributed by atoms with Gasteiger partial charge in [-0.25, -0.2) is 0 Å². The van der Waals surface area contributed by atoms with Gasteiger partial charge in [0.1, 0.15) is 0 Å². The third-order valence-corrected chi connectivity index (χ3v) is 4.46. The van der Waals surface area contributed by atoms with Crippen molar-refractivity contribution < 1.29 is 0 Å². The second-order valence-corrected chi connectivity index (χ2v) is 6.74. The van der Waals surface area contributed by atoms with E-state index in [-0.39, 0.29) is 24.0 Å². The standard InChI is InChI=1S/C19H32N4.HI/c1-17-9-7-14-23(15-17)19(20-2)21-12-8-13-22(3)16-18-10-5-4-6-11-18;/h4-6,10-11,17H,7-9,12-16H2,1-3H3,(H,20,21);1H. The normalized spacial score (nSPS) is 18.4. The first-order chi connectivity index (χ1) is 11.2. The first-order valence-electron chi connectivity index (χ1n) is 8.87. The number of piperidine rings is 1. The van der Waals surface area contributed by atoms with E-state index in [1.54, 1.807) is 0 Å². The van der Waals surface area contributed by atoms with E-state index < -0.39 is 0 Å². The number of hydrogen-bond donors (Lipinski definition) is 1. The van der Waals surface area contributed by atoms with Gasteiger partial charge in [0.2, 0.25) is 0 Å². The van der Waals surface area contributed by atoms with E-state index in [1.807, 2.05) is 7.05 Å². The van der Waals surface area contributed by atoms with Crippen molar-refractivity contribution in [2.75, 3.05) is 40.3 Å². The van der Waals surface area contributed by atoms with Crippen molar-refractivity contribution in [3.8, 4) is 0 Å². The molecule has 1 N–H and O–H groups in total. The van der Waals surface area contributed by atoms with Gasteiger partial charge >= 0.3 is 0 Å². The molecule has 1 aromatic rings. The van der Waals surface area contributed by atoms with E-state index in [0.29, 0.717) is 0 Å². The van der Waals surface area contributed by atoms with E-state index in [0.717, 1.165) is 51.0 Å². The fourth-order valence-corrected chi connectivity index (χ4v) is 3.24. The van der Waals surface area contributed by atoms with Crippen LogP contribution in [0.2, 0.25) is 0 Å². The van der Waals surface area contributed by atoms with Gasteiger partial charge in [0.05, 0.1) is 0 Å². The monoisotopic (exact) mass is 444 g/mol. The van der Waals surface area contributed by atoms with E-state index in [4.69, 9.17) is 0 Å². The molecule has 0 bridgehead atoms. The topological polar surface area (TPSA) is 30.9 Å². The van der Waals surface area contributed by atoms with E-state index >= 15 is 0 Å². The molecule has 24 heavy (non-hydrogen) atoms. The Morgan fingerprint density at radius 2 is 2.08 bits per heavy atom. The van der Waals surface area contributed by atoms with Crippen molar-refractivity contribution in [3.63, 3.8) is 0 Å². The number of halogens is 1. The first kappa shape index (κ1) is 21.2. The third-order valence-electron chi connectivity index (χ3n) is 4.46. The number of aliphatic imine (C=N–C) groups is 1. The average molecular weight is 444 g/mol. The SMILES string of the molecule is CN=C(NCCCN(C)Cc1ccccc1)N1CCCC(C)C1.I. The van der Waals surface area contributed by atoms with Crippen LogP contribution < -0.4 is 5.32 Å². The predicted octanol–water partition coefficient (Wildman–Crippen LogP) is 3.43. The Labute approximate surface area is 164 Å². The fourth-order valence-electron chi connectivity index (χ4n) is 3.24. The lowest BCUT2D eigenvalue weighted by Gasteiger charge is -2.33. The number of hydrogen-bond acceptors (Lipinski definition) is 2. The van der Waals surface area contributed by atoms with Crippen LogP contribution in [0.1, 0.15) is 31.7 Å². The molecule has 0 aliphatic carbocycles. The summed E-state index contributed by atoms with van der Waals surface area (Å²) in [4.78, 5) is 9.23. The smallest absolute Gasteiger partial charge is 0.193 e. The molecule has 1 unspecified atom stereocenters. The molecule has 1 aromatic carbocycles. The molecule has 1 fully saturated rings. The van der Waals surface area contributed by atoms with E-state index in [9.17, 15) is 0 Å². The maximum atomic E-state index is 4.45. The molecule has 0 amide bonds. The fraction of sp³-hybridized carbons (Fsp3) is 0.632. The van der Waals surface area contributed by atoms with Crippen LogP contribution in [0, 0.1) is 5.92 Å². The van der Waals surface area contributed by atoms with Gasteiger partial charge in [0.25, 0.3) is 0 Å². The Bertz CT molecular complexity index is 478. The zero-order valence-corrected chi connectivity index (χ0v) is 17.7. The zero-order chi connectivity index (χ0) is 16.5. The summed E-state index contributed by atoms with van der Waals surface area (Å²) < 4.78 is 0. The molecule has 1 aliphatic heterocycles. The van der Waals surface area contributed by atoms with Crippen LogP contribution in [0.5, 0.6) is 0 Å². The van der Waals surface area contributed by atoms with Crippen molar-refractivity contribution in [3.05, 3.63) is 35.9 Å². The highest BCUT2D eigenvalue weighted by Gasteiger charge is 2.18. The first-order valence-corrected chi connectivity index (χ1v) is 8.87. The Morgan fingerprint density at radius 1 is 1.33 bits per heavy atom. The largest absolute Gasteiger partial charge is 0.356 e. The molecule has 1 saturated heterocycles. The Morgan fingerprint density at radius 3 is 2.75 bits per heavy atom. The van der Waals surface area contributed by atoms with E-state index in [2.05, 4.69) is 64.4 Å². The van der Waals surface area contributed by atoms with Gasteiger partial charge in [-0.05, 0) is 44.3 Å². The van der Waals surface area contributed by atoms with Crippen LogP contribution in [-0.4, -0.2) is 56.0 Å². The van der Waals surface area contributed by atoms with Crippen LogP contribution in [0.15, 0.2) is 35.3 Å². The summed E-state index contributed by atoms with van der Waals surface area (Å²) >= 11 is 0. The Hall–Kier alpha value is -0.820. The van der Waals surface area contributed by atoms with Gasteiger partial charge in [-0.1, -0.05) is 37.3 Å². The molecule has 136 valence electrons. The average Bonchev–Trinajstić information content (AvgIpc) is 2.56. The molecule has 0 saturated carbocycles. The quantitative estimate of drug-likeness (QED) is 0.316. The molecule has 0 aromatic heterocycles. The Balaban J connectivity index is 0.00000288. The molecule has 1 atom stereocenters. The summed E-state index contributed by atoms with van der Waals surface area (Å²) in [5.74, 6) is 1.85. The van der Waals surface area contributed by atoms with Crippen molar-refractivity contribution in [2.45, 2.75) is 32.7 Å². The molecule has 1 aliphatic rings. The van der Waals surface area contributed by atoms with Crippen molar-refractivity contribution in [1.29, 1.82) is 0 Å². The minimum Gasteiger partial charge on any atom is -0.356 e. The second kappa shape index (κ2) is 11.7. The van der Waals surface area contributed by atoms with Gasteiger partial charge in [-0.3, -0.25) is 4.99 Å². The maximum Gasteiger partial charge on any atom is 0.193 e. The summed E-state index contributed by atoms with van der Waals surface area (Å²) in [6, 6.07) is 10.7. The lowest BCUT2D eigenvalue weighted by molar-refractivity contribution is 0.265. The highest BCUT2D eigenvalue weighted by molar-refractivity contribution is 14.0. The van der Waals surface area contributed by atoms with Crippen LogP contribution in [0.4, 0.5) is 0 Å². The molecule has 0 radical (unpaired) electrons. The van der Waals surface area contributed by atoms with Crippen molar-refractivity contribution >= 4 is 29.9 Å². The lowest BCUT2D eigenvalue weighted by Crippen LogP contribution is -2.46. The molecule has 2 rings (SSSR count). The summed E-state index contributed by atoms with van der Waals surface area (Å²) in [6.45, 7) is 7.69. The summed E-state index contributed by atoms with van der Waals surface area (Å²) in [7, 11) is 4.08. The van der Waals surface area contributed by atoms with Gasteiger partial charge in [0, 0.05) is 33.2 Å². The highest BCUT2D eigenvalue weighted by atomic mass is 127. The van der Waals surface area contributed by atoms with Crippen molar-refractivity contribution in [1.82, 2.24) is 15.1 Å².